The number of hydrogen-bond donors (Lipinski definition) is 2. The molecule has 2 heterocycles. The number of carbonyl (C=O) groups excluding carboxylic acids is 1. The van der Waals surface area contributed by atoms with Crippen LogP contribution in [0.1, 0.15) is 36.5 Å². The van der Waals surface area contributed by atoms with Crippen molar-refractivity contribution < 1.29 is 23.1 Å². The molecule has 158 valence electrons. The van der Waals surface area contributed by atoms with Gasteiger partial charge in [0.1, 0.15) is 11.6 Å². The smallest absolute Gasteiger partial charge is 0.271 e. The number of hydrogen-bond acceptors (Lipinski definition) is 4. The SMILES string of the molecule is CN1CCCn2c(-c3cc(F)c(F)cc3F)nc(C(=O)NCC(C)(C)CO)c2C1. The Morgan fingerprint density at radius 3 is 2.59 bits per heavy atom. The maximum Gasteiger partial charge on any atom is 0.271 e. The average Bonchev–Trinajstić information content (AvgIpc) is 2.89. The van der Waals surface area contributed by atoms with Crippen LogP contribution in [0.4, 0.5) is 13.2 Å². The first kappa shape index (κ1) is 21.3. The van der Waals surface area contributed by atoms with Gasteiger partial charge < -0.3 is 19.9 Å². The fraction of sp³-hybridized carbons (Fsp3) is 0.500. The molecule has 0 spiro atoms. The topological polar surface area (TPSA) is 70.4 Å². The molecule has 9 heteroatoms. The van der Waals surface area contributed by atoms with Gasteiger partial charge in [-0.3, -0.25) is 4.79 Å². The molecule has 0 bridgehead atoms. The van der Waals surface area contributed by atoms with E-state index in [1.54, 1.807) is 18.4 Å². The van der Waals surface area contributed by atoms with Gasteiger partial charge in [0.25, 0.3) is 5.91 Å². The summed E-state index contributed by atoms with van der Waals surface area (Å²) in [7, 11) is 1.90. The summed E-state index contributed by atoms with van der Waals surface area (Å²) in [6.07, 6.45) is 0.733. The van der Waals surface area contributed by atoms with E-state index < -0.39 is 28.8 Å². The minimum absolute atomic E-state index is 0.0956. The second-order valence-corrected chi connectivity index (χ2v) is 8.22. The molecule has 0 unspecified atom stereocenters. The van der Waals surface area contributed by atoms with Gasteiger partial charge in [-0.2, -0.15) is 0 Å². The first-order chi connectivity index (χ1) is 13.6. The zero-order valence-electron chi connectivity index (χ0n) is 16.7. The lowest BCUT2D eigenvalue weighted by Gasteiger charge is -2.21. The lowest BCUT2D eigenvalue weighted by Crippen LogP contribution is -2.36. The summed E-state index contributed by atoms with van der Waals surface area (Å²) in [4.78, 5) is 19.2. The number of halogens is 3. The van der Waals surface area contributed by atoms with E-state index >= 15 is 0 Å². The van der Waals surface area contributed by atoms with Gasteiger partial charge in [-0.1, -0.05) is 13.8 Å². The van der Waals surface area contributed by atoms with Crippen molar-refractivity contribution in [2.24, 2.45) is 5.41 Å². The molecule has 0 saturated carbocycles. The van der Waals surface area contributed by atoms with Crippen LogP contribution >= 0.6 is 0 Å². The number of amides is 1. The molecule has 1 aromatic carbocycles. The summed E-state index contributed by atoms with van der Waals surface area (Å²) >= 11 is 0. The number of imidazole rings is 1. The highest BCUT2D eigenvalue weighted by Crippen LogP contribution is 2.29. The van der Waals surface area contributed by atoms with Crippen molar-refractivity contribution in [1.29, 1.82) is 0 Å². The molecule has 2 aromatic rings. The largest absolute Gasteiger partial charge is 0.396 e. The summed E-state index contributed by atoms with van der Waals surface area (Å²) in [5, 5.41) is 12.1. The van der Waals surface area contributed by atoms with Crippen molar-refractivity contribution in [2.45, 2.75) is 33.4 Å². The summed E-state index contributed by atoms with van der Waals surface area (Å²) in [6.45, 7) is 5.36. The van der Waals surface area contributed by atoms with E-state index in [2.05, 4.69) is 10.3 Å². The molecule has 0 atom stereocenters. The maximum absolute atomic E-state index is 14.4. The quantitative estimate of drug-likeness (QED) is 0.744. The Morgan fingerprint density at radius 1 is 1.21 bits per heavy atom. The number of benzene rings is 1. The third kappa shape index (κ3) is 4.45. The Balaban J connectivity index is 2.06. The summed E-state index contributed by atoms with van der Waals surface area (Å²) in [5.41, 5.74) is -0.00229. The molecule has 3 rings (SSSR count). The number of aliphatic hydroxyl groups is 1. The van der Waals surface area contributed by atoms with E-state index in [0.717, 1.165) is 19.0 Å². The van der Waals surface area contributed by atoms with Gasteiger partial charge in [0.05, 0.1) is 11.3 Å². The zero-order valence-corrected chi connectivity index (χ0v) is 16.7. The predicted octanol–water partition coefficient (Wildman–Crippen LogP) is 2.55. The monoisotopic (exact) mass is 410 g/mol. The van der Waals surface area contributed by atoms with Crippen LogP contribution in [0.25, 0.3) is 11.4 Å². The van der Waals surface area contributed by atoms with Crippen molar-refractivity contribution in [2.75, 3.05) is 26.7 Å². The molecular formula is C20H25F3N4O2. The molecule has 0 aliphatic carbocycles. The maximum atomic E-state index is 14.4. The van der Waals surface area contributed by atoms with Crippen LogP contribution in [-0.4, -0.2) is 52.2 Å². The van der Waals surface area contributed by atoms with Crippen LogP contribution in [0.5, 0.6) is 0 Å². The van der Waals surface area contributed by atoms with Crippen molar-refractivity contribution in [3.63, 3.8) is 0 Å². The van der Waals surface area contributed by atoms with Gasteiger partial charge >= 0.3 is 0 Å². The Labute approximate surface area is 167 Å². The number of aromatic nitrogens is 2. The van der Waals surface area contributed by atoms with Gasteiger partial charge in [-0.05, 0) is 26.1 Å². The Kier molecular flexibility index (Phi) is 6.00. The second kappa shape index (κ2) is 8.16. The van der Waals surface area contributed by atoms with Crippen molar-refractivity contribution in [3.8, 4) is 11.4 Å². The lowest BCUT2D eigenvalue weighted by atomic mass is 9.95. The number of fused-ring (bicyclic) bond motifs is 1. The fourth-order valence-electron chi connectivity index (χ4n) is 3.26. The van der Waals surface area contributed by atoms with Gasteiger partial charge in [-0.25, -0.2) is 18.2 Å². The highest BCUT2D eigenvalue weighted by Gasteiger charge is 2.28. The van der Waals surface area contributed by atoms with E-state index in [0.29, 0.717) is 24.8 Å². The summed E-state index contributed by atoms with van der Waals surface area (Å²) < 4.78 is 43.3. The average molecular weight is 410 g/mol. The van der Waals surface area contributed by atoms with Crippen LogP contribution in [0, 0.1) is 22.9 Å². The van der Waals surface area contributed by atoms with Gasteiger partial charge in [0.2, 0.25) is 0 Å². The van der Waals surface area contributed by atoms with Gasteiger partial charge in [0.15, 0.2) is 17.3 Å². The van der Waals surface area contributed by atoms with Crippen LogP contribution in [0.3, 0.4) is 0 Å². The van der Waals surface area contributed by atoms with Crippen molar-refractivity contribution in [3.05, 3.63) is 41.0 Å². The fourth-order valence-corrected chi connectivity index (χ4v) is 3.26. The predicted molar refractivity (Wildman–Crippen MR) is 102 cm³/mol. The molecule has 2 N–H and O–H groups in total. The van der Waals surface area contributed by atoms with Crippen molar-refractivity contribution >= 4 is 5.91 Å². The minimum atomic E-state index is -1.28. The Bertz CT molecular complexity index is 927. The third-order valence-electron chi connectivity index (χ3n) is 5.04. The van der Waals surface area contributed by atoms with Gasteiger partial charge in [-0.15, -0.1) is 0 Å². The summed E-state index contributed by atoms with van der Waals surface area (Å²) in [5.74, 6) is -3.77. The van der Waals surface area contributed by atoms with Crippen LogP contribution < -0.4 is 5.32 Å². The highest BCUT2D eigenvalue weighted by molar-refractivity contribution is 5.94. The second-order valence-electron chi connectivity index (χ2n) is 8.22. The lowest BCUT2D eigenvalue weighted by molar-refractivity contribution is 0.0904. The molecule has 29 heavy (non-hydrogen) atoms. The van der Waals surface area contributed by atoms with E-state index in [4.69, 9.17) is 0 Å². The molecule has 0 fully saturated rings. The van der Waals surface area contributed by atoms with Gasteiger partial charge in [0, 0.05) is 37.7 Å². The third-order valence-corrected chi connectivity index (χ3v) is 5.04. The highest BCUT2D eigenvalue weighted by atomic mass is 19.2. The molecular weight excluding hydrogens is 385 g/mol. The van der Waals surface area contributed by atoms with Crippen LogP contribution in [0.2, 0.25) is 0 Å². The number of nitrogens with zero attached hydrogens (tertiary/aromatic N) is 3. The van der Waals surface area contributed by atoms with E-state index in [-0.39, 0.29) is 30.2 Å². The standard InChI is InChI=1S/C20H25F3N4O2/c1-20(2,11-28)10-24-19(29)17-16-9-26(3)5-4-6-27(16)18(25-17)12-7-14(22)15(23)8-13(12)21/h7-8,28H,4-6,9-11H2,1-3H3,(H,24,29). The molecule has 6 nitrogen and oxygen atoms in total. The molecule has 1 amide bonds. The van der Waals surface area contributed by atoms with E-state index in [1.807, 2.05) is 11.9 Å². The Hall–Kier alpha value is -2.39. The first-order valence-corrected chi connectivity index (χ1v) is 9.45. The van der Waals surface area contributed by atoms with E-state index in [9.17, 15) is 23.1 Å². The summed E-state index contributed by atoms with van der Waals surface area (Å²) in [6, 6.07) is 1.25. The normalized spacial score (nSPS) is 15.1. The number of nitrogens with one attached hydrogen (secondary N) is 1. The molecule has 1 aliphatic heterocycles. The molecule has 0 saturated heterocycles. The van der Waals surface area contributed by atoms with E-state index in [1.165, 1.54) is 0 Å². The number of aliphatic hydroxyl groups excluding tert-OH is 1. The van der Waals surface area contributed by atoms with Crippen LogP contribution in [0.15, 0.2) is 12.1 Å². The zero-order chi connectivity index (χ0) is 21.3. The Morgan fingerprint density at radius 2 is 1.90 bits per heavy atom. The first-order valence-electron chi connectivity index (χ1n) is 9.45. The minimum Gasteiger partial charge on any atom is -0.396 e. The van der Waals surface area contributed by atoms with Crippen molar-refractivity contribution in [1.82, 2.24) is 19.8 Å². The molecule has 0 radical (unpaired) electrons. The number of carbonyl (C=O) groups is 1. The molecule has 1 aromatic heterocycles. The number of rotatable bonds is 5. The molecule has 1 aliphatic rings. The van der Waals surface area contributed by atoms with Crippen LogP contribution in [-0.2, 0) is 13.1 Å².